The van der Waals surface area contributed by atoms with E-state index in [1.807, 2.05) is 0 Å². The van der Waals surface area contributed by atoms with Crippen LogP contribution in [0.4, 0.5) is 0 Å². The van der Waals surface area contributed by atoms with Crippen molar-refractivity contribution in [3.8, 4) is 23.0 Å². The lowest BCUT2D eigenvalue weighted by Crippen LogP contribution is -2.27. The van der Waals surface area contributed by atoms with Gasteiger partial charge in [0.15, 0.2) is 5.76 Å². The van der Waals surface area contributed by atoms with Gasteiger partial charge in [-0.15, -0.1) is 0 Å². The highest BCUT2D eigenvalue weighted by Crippen LogP contribution is 2.25. The van der Waals surface area contributed by atoms with E-state index >= 15 is 0 Å². The fourth-order valence-electron chi connectivity index (χ4n) is 2.69. The number of rotatable bonds is 4. The van der Waals surface area contributed by atoms with Crippen molar-refractivity contribution in [3.63, 3.8) is 0 Å². The molecule has 124 valence electrons. The molecule has 1 aliphatic rings. The van der Waals surface area contributed by atoms with E-state index in [1.165, 1.54) is 10.6 Å². The molecule has 0 unspecified atom stereocenters. The zero-order valence-electron chi connectivity index (χ0n) is 12.8. The fourth-order valence-corrected chi connectivity index (χ4v) is 4.21. The van der Waals surface area contributed by atoms with E-state index in [-0.39, 0.29) is 10.8 Å². The summed E-state index contributed by atoms with van der Waals surface area (Å²) in [7, 11) is -3.41. The van der Waals surface area contributed by atoms with E-state index in [4.69, 9.17) is 8.94 Å². The van der Waals surface area contributed by atoms with Gasteiger partial charge in [0.2, 0.25) is 15.8 Å². The van der Waals surface area contributed by atoms with Gasteiger partial charge in [0.25, 0.3) is 5.89 Å². The second kappa shape index (κ2) is 5.88. The monoisotopic (exact) mass is 345 g/mol. The predicted octanol–water partition coefficient (Wildman–Crippen LogP) is 2.78. The van der Waals surface area contributed by atoms with Crippen LogP contribution < -0.4 is 0 Å². The van der Waals surface area contributed by atoms with Gasteiger partial charge in [-0.05, 0) is 49.2 Å². The molecule has 0 saturated carbocycles. The van der Waals surface area contributed by atoms with E-state index in [2.05, 4.69) is 10.1 Å². The summed E-state index contributed by atoms with van der Waals surface area (Å²) in [6.45, 7) is 1.17. The van der Waals surface area contributed by atoms with Gasteiger partial charge < -0.3 is 8.94 Å². The Balaban J connectivity index is 1.60. The van der Waals surface area contributed by atoms with Gasteiger partial charge in [-0.3, -0.25) is 0 Å². The summed E-state index contributed by atoms with van der Waals surface area (Å²) in [5, 5.41) is 3.91. The molecule has 0 amide bonds. The average Bonchev–Trinajstić information content (AvgIpc) is 3.36. The summed E-state index contributed by atoms with van der Waals surface area (Å²) in [5.41, 5.74) is 0.678. The minimum absolute atomic E-state index is 0.280. The number of aromatic nitrogens is 2. The van der Waals surface area contributed by atoms with Crippen LogP contribution in [0.5, 0.6) is 0 Å². The summed E-state index contributed by atoms with van der Waals surface area (Å²) in [4.78, 5) is 4.54. The Morgan fingerprint density at radius 2 is 1.79 bits per heavy atom. The quantitative estimate of drug-likeness (QED) is 0.722. The molecule has 24 heavy (non-hydrogen) atoms. The van der Waals surface area contributed by atoms with Crippen molar-refractivity contribution >= 4 is 10.0 Å². The Kier molecular flexibility index (Phi) is 3.70. The first kappa shape index (κ1) is 15.1. The van der Waals surface area contributed by atoms with E-state index in [0.717, 1.165) is 12.8 Å². The third-order valence-corrected chi connectivity index (χ3v) is 5.89. The molecule has 3 heterocycles. The van der Waals surface area contributed by atoms with Crippen molar-refractivity contribution in [2.75, 3.05) is 13.1 Å². The van der Waals surface area contributed by atoms with Crippen molar-refractivity contribution in [2.24, 2.45) is 0 Å². The number of hydrogen-bond donors (Lipinski definition) is 0. The Morgan fingerprint density at radius 1 is 1.04 bits per heavy atom. The van der Waals surface area contributed by atoms with E-state index < -0.39 is 10.0 Å². The molecule has 0 atom stereocenters. The SMILES string of the molecule is O=S(=O)(c1ccc(-c2noc(-c3ccco3)n2)cc1)N1CCCC1. The maximum Gasteiger partial charge on any atom is 0.293 e. The zero-order chi connectivity index (χ0) is 16.6. The molecule has 0 spiro atoms. The Hall–Kier alpha value is -2.45. The van der Waals surface area contributed by atoms with Crippen LogP contribution in [0.2, 0.25) is 0 Å². The van der Waals surface area contributed by atoms with Crippen LogP contribution in [0.1, 0.15) is 12.8 Å². The Bertz CT molecular complexity index is 924. The maximum atomic E-state index is 12.5. The molecule has 0 aliphatic carbocycles. The molecule has 0 radical (unpaired) electrons. The van der Waals surface area contributed by atoms with Crippen LogP contribution in [-0.4, -0.2) is 36.0 Å². The minimum Gasteiger partial charge on any atom is -0.459 e. The normalized spacial score (nSPS) is 15.8. The van der Waals surface area contributed by atoms with Crippen molar-refractivity contribution in [3.05, 3.63) is 42.7 Å². The third kappa shape index (κ3) is 2.63. The Labute approximate surface area is 138 Å². The molecule has 1 fully saturated rings. The molecule has 1 aliphatic heterocycles. The van der Waals surface area contributed by atoms with Gasteiger partial charge >= 0.3 is 0 Å². The molecule has 7 nitrogen and oxygen atoms in total. The van der Waals surface area contributed by atoms with Crippen LogP contribution in [0.15, 0.2) is 56.5 Å². The molecule has 3 aromatic rings. The van der Waals surface area contributed by atoms with Gasteiger partial charge in [-0.1, -0.05) is 5.16 Å². The van der Waals surface area contributed by atoms with Gasteiger partial charge in [0.1, 0.15) is 0 Å². The van der Waals surface area contributed by atoms with Gasteiger partial charge in [-0.25, -0.2) is 8.42 Å². The van der Waals surface area contributed by atoms with Crippen LogP contribution in [-0.2, 0) is 10.0 Å². The second-order valence-electron chi connectivity index (χ2n) is 5.54. The smallest absolute Gasteiger partial charge is 0.293 e. The number of benzene rings is 1. The molecule has 1 saturated heterocycles. The molecular weight excluding hydrogens is 330 g/mol. The highest BCUT2D eigenvalue weighted by Gasteiger charge is 2.27. The van der Waals surface area contributed by atoms with E-state index in [9.17, 15) is 8.42 Å². The standard InChI is InChI=1S/C16H15N3O4S/c20-24(21,19-9-1-2-10-19)13-7-5-12(6-8-13)15-17-16(23-18-15)14-4-3-11-22-14/h3-8,11H,1-2,9-10H2. The first-order valence-corrected chi connectivity index (χ1v) is 9.07. The topological polar surface area (TPSA) is 89.4 Å². The predicted molar refractivity (Wildman–Crippen MR) is 85.4 cm³/mol. The van der Waals surface area contributed by atoms with Crippen molar-refractivity contribution in [1.29, 1.82) is 0 Å². The number of furan rings is 1. The van der Waals surface area contributed by atoms with Crippen molar-refractivity contribution in [1.82, 2.24) is 14.4 Å². The summed E-state index contributed by atoms with van der Waals surface area (Å²) in [5.74, 6) is 1.15. The third-order valence-electron chi connectivity index (χ3n) is 3.97. The number of hydrogen-bond acceptors (Lipinski definition) is 6. The lowest BCUT2D eigenvalue weighted by molar-refractivity contribution is 0.417. The highest BCUT2D eigenvalue weighted by molar-refractivity contribution is 7.89. The first-order chi connectivity index (χ1) is 11.6. The van der Waals surface area contributed by atoms with Crippen molar-refractivity contribution in [2.45, 2.75) is 17.7 Å². The molecular formula is C16H15N3O4S. The van der Waals surface area contributed by atoms with Crippen molar-refractivity contribution < 1.29 is 17.4 Å². The summed E-state index contributed by atoms with van der Waals surface area (Å²) >= 11 is 0. The molecule has 2 aromatic heterocycles. The van der Waals surface area contributed by atoms with E-state index in [1.54, 1.807) is 36.4 Å². The lowest BCUT2D eigenvalue weighted by Gasteiger charge is -2.15. The van der Waals surface area contributed by atoms with Gasteiger partial charge in [-0.2, -0.15) is 9.29 Å². The molecule has 8 heteroatoms. The largest absolute Gasteiger partial charge is 0.459 e. The van der Waals surface area contributed by atoms with Crippen LogP contribution >= 0.6 is 0 Å². The Morgan fingerprint density at radius 3 is 2.46 bits per heavy atom. The van der Waals surface area contributed by atoms with Crippen LogP contribution in [0, 0.1) is 0 Å². The first-order valence-electron chi connectivity index (χ1n) is 7.63. The lowest BCUT2D eigenvalue weighted by atomic mass is 10.2. The molecule has 0 N–H and O–H groups in total. The van der Waals surface area contributed by atoms with Gasteiger partial charge in [0.05, 0.1) is 11.2 Å². The van der Waals surface area contributed by atoms with Crippen LogP contribution in [0.3, 0.4) is 0 Å². The maximum absolute atomic E-state index is 12.5. The molecule has 1 aromatic carbocycles. The highest BCUT2D eigenvalue weighted by atomic mass is 32.2. The molecule has 4 rings (SSSR count). The fraction of sp³-hybridized carbons (Fsp3) is 0.250. The van der Waals surface area contributed by atoms with Crippen LogP contribution in [0.25, 0.3) is 23.0 Å². The summed E-state index contributed by atoms with van der Waals surface area (Å²) in [6, 6.07) is 9.97. The van der Waals surface area contributed by atoms with E-state index in [0.29, 0.717) is 30.2 Å². The second-order valence-corrected chi connectivity index (χ2v) is 7.47. The summed E-state index contributed by atoms with van der Waals surface area (Å²) in [6.07, 6.45) is 3.35. The zero-order valence-corrected chi connectivity index (χ0v) is 13.6. The average molecular weight is 345 g/mol. The minimum atomic E-state index is -3.41. The number of nitrogens with zero attached hydrogens (tertiary/aromatic N) is 3. The van der Waals surface area contributed by atoms with Gasteiger partial charge in [0, 0.05) is 18.7 Å². The summed E-state index contributed by atoms with van der Waals surface area (Å²) < 4.78 is 36.9. The molecule has 0 bridgehead atoms. The number of sulfonamides is 1.